The standard InChI is InChI=1S/C21H24FNO3/c1-25-19-4-2-3-16(15-19)9-12-23-20(24)21(10-13-26-14-11-21)17-5-7-18(22)8-6-17/h2-8,15H,9-14H2,1H3,(H,23,24). The first-order valence-electron chi connectivity index (χ1n) is 8.89. The molecule has 1 heterocycles. The number of hydrogen-bond acceptors (Lipinski definition) is 3. The van der Waals surface area contributed by atoms with Crippen molar-refractivity contribution in [3.63, 3.8) is 0 Å². The summed E-state index contributed by atoms with van der Waals surface area (Å²) in [5, 5.41) is 3.06. The van der Waals surface area contributed by atoms with Gasteiger partial charge in [-0.1, -0.05) is 24.3 Å². The number of amides is 1. The number of carbonyl (C=O) groups is 1. The monoisotopic (exact) mass is 357 g/mol. The van der Waals surface area contributed by atoms with E-state index in [2.05, 4.69) is 5.32 Å². The molecule has 0 atom stereocenters. The Kier molecular flexibility index (Phi) is 5.89. The highest BCUT2D eigenvalue weighted by Crippen LogP contribution is 2.35. The fraction of sp³-hybridized carbons (Fsp3) is 0.381. The molecule has 0 bridgehead atoms. The number of methoxy groups -OCH3 is 1. The number of hydrogen-bond donors (Lipinski definition) is 1. The zero-order chi connectivity index (χ0) is 18.4. The Morgan fingerprint density at radius 1 is 1.19 bits per heavy atom. The molecule has 1 fully saturated rings. The number of halogens is 1. The third kappa shape index (κ3) is 4.05. The maximum atomic E-state index is 13.3. The lowest BCUT2D eigenvalue weighted by Gasteiger charge is -2.36. The van der Waals surface area contributed by atoms with E-state index in [0.717, 1.165) is 23.3 Å². The van der Waals surface area contributed by atoms with E-state index in [-0.39, 0.29) is 11.7 Å². The number of rotatable bonds is 6. The van der Waals surface area contributed by atoms with Gasteiger partial charge in [-0.2, -0.15) is 0 Å². The molecular formula is C21H24FNO3. The molecule has 0 aromatic heterocycles. The lowest BCUT2D eigenvalue weighted by Crippen LogP contribution is -2.48. The first kappa shape index (κ1) is 18.4. The Bertz CT molecular complexity index is 739. The van der Waals surface area contributed by atoms with Crippen LogP contribution in [0.2, 0.25) is 0 Å². The van der Waals surface area contributed by atoms with Gasteiger partial charge in [0.1, 0.15) is 11.6 Å². The van der Waals surface area contributed by atoms with Crippen LogP contribution in [0.15, 0.2) is 48.5 Å². The van der Waals surface area contributed by atoms with E-state index in [4.69, 9.17) is 9.47 Å². The minimum atomic E-state index is -0.652. The first-order chi connectivity index (χ1) is 12.6. The van der Waals surface area contributed by atoms with Gasteiger partial charge in [-0.05, 0) is 54.7 Å². The van der Waals surface area contributed by atoms with Crippen molar-refractivity contribution in [2.75, 3.05) is 26.9 Å². The third-order valence-corrected chi connectivity index (χ3v) is 5.01. The van der Waals surface area contributed by atoms with Gasteiger partial charge in [0.15, 0.2) is 0 Å². The second kappa shape index (κ2) is 8.32. The van der Waals surface area contributed by atoms with E-state index < -0.39 is 5.41 Å². The minimum absolute atomic E-state index is 0.0182. The van der Waals surface area contributed by atoms with Crippen LogP contribution >= 0.6 is 0 Å². The highest BCUT2D eigenvalue weighted by molar-refractivity contribution is 5.88. The summed E-state index contributed by atoms with van der Waals surface area (Å²) in [6.07, 6.45) is 1.92. The van der Waals surface area contributed by atoms with Gasteiger partial charge in [0, 0.05) is 19.8 Å². The third-order valence-electron chi connectivity index (χ3n) is 5.01. The smallest absolute Gasteiger partial charge is 0.230 e. The number of benzene rings is 2. The summed E-state index contributed by atoms with van der Waals surface area (Å²) in [7, 11) is 1.64. The Morgan fingerprint density at radius 3 is 2.62 bits per heavy atom. The quantitative estimate of drug-likeness (QED) is 0.863. The van der Waals surface area contributed by atoms with Gasteiger partial charge in [-0.25, -0.2) is 4.39 Å². The van der Waals surface area contributed by atoms with Crippen molar-refractivity contribution in [2.45, 2.75) is 24.7 Å². The molecule has 0 radical (unpaired) electrons. The summed E-state index contributed by atoms with van der Waals surface area (Å²) in [5.41, 5.74) is 1.30. The summed E-state index contributed by atoms with van der Waals surface area (Å²) in [4.78, 5) is 13.0. The molecule has 138 valence electrons. The maximum absolute atomic E-state index is 13.3. The Labute approximate surface area is 153 Å². The second-order valence-corrected chi connectivity index (χ2v) is 6.56. The van der Waals surface area contributed by atoms with E-state index >= 15 is 0 Å². The van der Waals surface area contributed by atoms with Gasteiger partial charge in [-0.3, -0.25) is 4.79 Å². The molecule has 1 saturated heterocycles. The molecule has 0 saturated carbocycles. The summed E-state index contributed by atoms with van der Waals surface area (Å²) in [5.74, 6) is 0.491. The van der Waals surface area contributed by atoms with E-state index in [1.807, 2.05) is 24.3 Å². The zero-order valence-electron chi connectivity index (χ0n) is 15.0. The average molecular weight is 357 g/mol. The molecule has 3 rings (SSSR count). The number of ether oxygens (including phenoxy) is 2. The van der Waals surface area contributed by atoms with Crippen molar-refractivity contribution >= 4 is 5.91 Å². The highest BCUT2D eigenvalue weighted by Gasteiger charge is 2.41. The normalized spacial score (nSPS) is 16.1. The van der Waals surface area contributed by atoms with Crippen LogP contribution < -0.4 is 10.1 Å². The molecular weight excluding hydrogens is 333 g/mol. The first-order valence-corrected chi connectivity index (χ1v) is 8.89. The molecule has 4 nitrogen and oxygen atoms in total. The summed E-state index contributed by atoms with van der Waals surface area (Å²) >= 11 is 0. The van der Waals surface area contributed by atoms with Gasteiger partial charge in [0.2, 0.25) is 5.91 Å². The molecule has 0 aliphatic carbocycles. The zero-order valence-corrected chi connectivity index (χ0v) is 15.0. The van der Waals surface area contributed by atoms with Crippen LogP contribution in [0.4, 0.5) is 4.39 Å². The van der Waals surface area contributed by atoms with Crippen LogP contribution in [0, 0.1) is 5.82 Å². The maximum Gasteiger partial charge on any atom is 0.230 e. The fourth-order valence-corrected chi connectivity index (χ4v) is 3.45. The summed E-state index contributed by atoms with van der Waals surface area (Å²) in [6, 6.07) is 14.1. The molecule has 2 aromatic carbocycles. The van der Waals surface area contributed by atoms with Gasteiger partial charge in [-0.15, -0.1) is 0 Å². The molecule has 1 aliphatic heterocycles. The second-order valence-electron chi connectivity index (χ2n) is 6.56. The summed E-state index contributed by atoms with van der Waals surface area (Å²) < 4.78 is 24.0. The van der Waals surface area contributed by atoms with E-state index in [1.54, 1.807) is 19.2 Å². The van der Waals surface area contributed by atoms with Crippen molar-refractivity contribution in [2.24, 2.45) is 0 Å². The molecule has 1 amide bonds. The highest BCUT2D eigenvalue weighted by atomic mass is 19.1. The lowest BCUT2D eigenvalue weighted by molar-refractivity contribution is -0.130. The topological polar surface area (TPSA) is 47.6 Å². The van der Waals surface area contributed by atoms with Crippen LogP contribution in [0.5, 0.6) is 5.75 Å². The van der Waals surface area contributed by atoms with Crippen molar-refractivity contribution in [1.82, 2.24) is 5.32 Å². The van der Waals surface area contributed by atoms with Gasteiger partial charge in [0.25, 0.3) is 0 Å². The van der Waals surface area contributed by atoms with Gasteiger partial charge < -0.3 is 14.8 Å². The van der Waals surface area contributed by atoms with Crippen molar-refractivity contribution < 1.29 is 18.7 Å². The average Bonchev–Trinajstić information content (AvgIpc) is 2.69. The lowest BCUT2D eigenvalue weighted by atomic mass is 9.73. The molecule has 0 unspecified atom stereocenters. The van der Waals surface area contributed by atoms with Crippen LogP contribution in [0.1, 0.15) is 24.0 Å². The van der Waals surface area contributed by atoms with Gasteiger partial charge >= 0.3 is 0 Å². The van der Waals surface area contributed by atoms with Crippen LogP contribution in [-0.2, 0) is 21.4 Å². The Balaban J connectivity index is 1.69. The van der Waals surface area contributed by atoms with Crippen molar-refractivity contribution in [3.8, 4) is 5.75 Å². The number of carbonyl (C=O) groups excluding carboxylic acids is 1. The number of nitrogens with one attached hydrogen (secondary N) is 1. The van der Waals surface area contributed by atoms with E-state index in [1.165, 1.54) is 12.1 Å². The van der Waals surface area contributed by atoms with Crippen LogP contribution in [0.3, 0.4) is 0 Å². The predicted octanol–water partition coefficient (Wildman–Crippen LogP) is 3.24. The molecule has 1 N–H and O–H groups in total. The van der Waals surface area contributed by atoms with E-state index in [9.17, 15) is 9.18 Å². The molecule has 26 heavy (non-hydrogen) atoms. The van der Waals surface area contributed by atoms with Crippen molar-refractivity contribution in [1.29, 1.82) is 0 Å². The molecule has 1 aliphatic rings. The van der Waals surface area contributed by atoms with Crippen LogP contribution in [0.25, 0.3) is 0 Å². The largest absolute Gasteiger partial charge is 0.497 e. The predicted molar refractivity (Wildman–Crippen MR) is 97.8 cm³/mol. The van der Waals surface area contributed by atoms with Crippen LogP contribution in [-0.4, -0.2) is 32.8 Å². The molecule has 2 aromatic rings. The Hall–Kier alpha value is -2.40. The molecule has 0 spiro atoms. The molecule has 5 heteroatoms. The van der Waals surface area contributed by atoms with Crippen molar-refractivity contribution in [3.05, 3.63) is 65.5 Å². The minimum Gasteiger partial charge on any atom is -0.497 e. The van der Waals surface area contributed by atoms with E-state index in [0.29, 0.717) is 32.6 Å². The van der Waals surface area contributed by atoms with Gasteiger partial charge in [0.05, 0.1) is 12.5 Å². The Morgan fingerprint density at radius 2 is 1.92 bits per heavy atom. The fourth-order valence-electron chi connectivity index (χ4n) is 3.45. The SMILES string of the molecule is COc1cccc(CCNC(=O)C2(c3ccc(F)cc3)CCOCC2)c1. The summed E-state index contributed by atoms with van der Waals surface area (Å²) in [6.45, 7) is 1.59.